The number of nitrogens with two attached hydrogens (primary N) is 1. The number of nitrogens with zero attached hydrogens (tertiary/aromatic N) is 1. The molecule has 90 valence electrons. The summed E-state index contributed by atoms with van der Waals surface area (Å²) in [6.07, 6.45) is 1.07. The summed E-state index contributed by atoms with van der Waals surface area (Å²) in [6, 6.07) is 5.94. The predicted octanol–water partition coefficient (Wildman–Crippen LogP) is 3.42. The first-order valence-corrected chi connectivity index (χ1v) is 6.03. The molecule has 16 heavy (non-hydrogen) atoms. The molecule has 0 heterocycles. The molecule has 3 heteroatoms. The molecule has 2 nitrogen and oxygen atoms in total. The number of rotatable bonds is 4. The molecule has 1 aromatic rings. The average Bonchev–Trinajstić information content (AvgIpc) is 2.27. The number of hydrogen-bond acceptors (Lipinski definition) is 2. The lowest BCUT2D eigenvalue weighted by Crippen LogP contribution is -2.41. The molecule has 0 radical (unpaired) electrons. The Morgan fingerprint density at radius 2 is 2.00 bits per heavy atom. The van der Waals surface area contributed by atoms with Crippen LogP contribution in [-0.4, -0.2) is 12.6 Å². The van der Waals surface area contributed by atoms with Gasteiger partial charge in [0.25, 0.3) is 0 Å². The van der Waals surface area contributed by atoms with Crippen LogP contribution in [0.25, 0.3) is 0 Å². The van der Waals surface area contributed by atoms with E-state index in [4.69, 9.17) is 17.3 Å². The Labute approximate surface area is 103 Å². The van der Waals surface area contributed by atoms with Crippen LogP contribution in [0.3, 0.4) is 0 Å². The molecule has 1 aromatic carbocycles. The smallest absolute Gasteiger partial charge is 0.0471 e. The maximum absolute atomic E-state index is 6.16. The van der Waals surface area contributed by atoms with Gasteiger partial charge in [-0.2, -0.15) is 0 Å². The SMILES string of the molecule is CCC(C)(C)N(C)c1cccc(Cl)c1CN. The van der Waals surface area contributed by atoms with Gasteiger partial charge in [-0.1, -0.05) is 24.6 Å². The molecule has 0 unspecified atom stereocenters. The Kier molecular flexibility index (Phi) is 4.22. The van der Waals surface area contributed by atoms with Crippen LogP contribution in [0.1, 0.15) is 32.8 Å². The summed E-state index contributed by atoms with van der Waals surface area (Å²) < 4.78 is 0. The lowest BCUT2D eigenvalue weighted by molar-refractivity contribution is 0.470. The summed E-state index contributed by atoms with van der Waals surface area (Å²) in [4.78, 5) is 2.25. The van der Waals surface area contributed by atoms with Gasteiger partial charge in [0.15, 0.2) is 0 Å². The molecular formula is C13H21ClN2. The number of hydrogen-bond donors (Lipinski definition) is 1. The molecule has 0 fully saturated rings. The van der Waals surface area contributed by atoms with Crippen LogP contribution in [-0.2, 0) is 6.54 Å². The van der Waals surface area contributed by atoms with Crippen LogP contribution < -0.4 is 10.6 Å². The molecule has 0 spiro atoms. The Bertz CT molecular complexity index is 361. The monoisotopic (exact) mass is 240 g/mol. The second kappa shape index (κ2) is 5.07. The molecule has 0 aliphatic carbocycles. The summed E-state index contributed by atoms with van der Waals surface area (Å²) >= 11 is 6.16. The lowest BCUT2D eigenvalue weighted by Gasteiger charge is -2.38. The van der Waals surface area contributed by atoms with Crippen molar-refractivity contribution in [1.82, 2.24) is 0 Å². The third-order valence-corrected chi connectivity index (χ3v) is 3.79. The summed E-state index contributed by atoms with van der Waals surface area (Å²) in [5.74, 6) is 0. The zero-order valence-corrected chi connectivity index (χ0v) is 11.3. The normalized spacial score (nSPS) is 11.6. The maximum Gasteiger partial charge on any atom is 0.0471 e. The van der Waals surface area contributed by atoms with E-state index in [9.17, 15) is 0 Å². The molecule has 0 saturated carbocycles. The van der Waals surface area contributed by atoms with Crippen LogP contribution in [0.15, 0.2) is 18.2 Å². The molecular weight excluding hydrogens is 220 g/mol. The van der Waals surface area contributed by atoms with Gasteiger partial charge in [0.1, 0.15) is 0 Å². The van der Waals surface area contributed by atoms with Gasteiger partial charge in [-0.15, -0.1) is 0 Å². The van der Waals surface area contributed by atoms with E-state index in [0.717, 1.165) is 22.7 Å². The molecule has 0 aromatic heterocycles. The minimum atomic E-state index is 0.106. The van der Waals surface area contributed by atoms with E-state index in [0.29, 0.717) is 6.54 Å². The van der Waals surface area contributed by atoms with Crippen molar-refractivity contribution in [3.05, 3.63) is 28.8 Å². The van der Waals surface area contributed by atoms with Gasteiger partial charge in [0, 0.05) is 35.4 Å². The molecule has 0 saturated heterocycles. The van der Waals surface area contributed by atoms with Crippen molar-refractivity contribution in [2.45, 2.75) is 39.3 Å². The first-order chi connectivity index (χ1) is 7.44. The third-order valence-electron chi connectivity index (χ3n) is 3.43. The van der Waals surface area contributed by atoms with E-state index < -0.39 is 0 Å². The highest BCUT2D eigenvalue weighted by atomic mass is 35.5. The van der Waals surface area contributed by atoms with Gasteiger partial charge < -0.3 is 10.6 Å². The molecule has 1 rings (SSSR count). The fourth-order valence-corrected chi connectivity index (χ4v) is 1.87. The number of benzene rings is 1. The van der Waals surface area contributed by atoms with Gasteiger partial charge in [-0.05, 0) is 32.4 Å². The van der Waals surface area contributed by atoms with E-state index in [1.54, 1.807) is 0 Å². The predicted molar refractivity (Wildman–Crippen MR) is 72.1 cm³/mol. The molecule has 0 atom stereocenters. The Morgan fingerprint density at radius 1 is 1.38 bits per heavy atom. The van der Waals surface area contributed by atoms with Gasteiger partial charge >= 0.3 is 0 Å². The quantitative estimate of drug-likeness (QED) is 0.874. The Morgan fingerprint density at radius 3 is 2.50 bits per heavy atom. The molecule has 0 bridgehead atoms. The Balaban J connectivity index is 3.18. The maximum atomic E-state index is 6.16. The first kappa shape index (κ1) is 13.3. The van der Waals surface area contributed by atoms with Gasteiger partial charge in [-0.3, -0.25) is 0 Å². The topological polar surface area (TPSA) is 29.3 Å². The van der Waals surface area contributed by atoms with Gasteiger partial charge in [0.2, 0.25) is 0 Å². The molecule has 0 aliphatic rings. The Hall–Kier alpha value is -0.730. The van der Waals surface area contributed by atoms with E-state index >= 15 is 0 Å². The van der Waals surface area contributed by atoms with E-state index in [-0.39, 0.29) is 5.54 Å². The van der Waals surface area contributed by atoms with Crippen molar-refractivity contribution in [1.29, 1.82) is 0 Å². The van der Waals surface area contributed by atoms with Crippen LogP contribution in [0.2, 0.25) is 5.02 Å². The number of halogens is 1. The fourth-order valence-electron chi connectivity index (χ4n) is 1.63. The van der Waals surface area contributed by atoms with Crippen molar-refractivity contribution in [3.8, 4) is 0 Å². The lowest BCUT2D eigenvalue weighted by atomic mass is 9.98. The van der Waals surface area contributed by atoms with Gasteiger partial charge in [-0.25, -0.2) is 0 Å². The summed E-state index contributed by atoms with van der Waals surface area (Å²) in [5, 5.41) is 0.749. The van der Waals surface area contributed by atoms with Crippen molar-refractivity contribution in [3.63, 3.8) is 0 Å². The van der Waals surface area contributed by atoms with Crippen molar-refractivity contribution in [2.24, 2.45) is 5.73 Å². The largest absolute Gasteiger partial charge is 0.369 e. The van der Waals surface area contributed by atoms with Crippen molar-refractivity contribution >= 4 is 17.3 Å². The summed E-state index contributed by atoms with van der Waals surface area (Å²) in [7, 11) is 2.09. The molecule has 0 amide bonds. The molecule has 2 N–H and O–H groups in total. The second-order valence-corrected chi connectivity index (χ2v) is 5.07. The van der Waals surface area contributed by atoms with Crippen LogP contribution in [0.5, 0.6) is 0 Å². The zero-order chi connectivity index (χ0) is 12.3. The highest BCUT2D eigenvalue weighted by molar-refractivity contribution is 6.31. The fraction of sp³-hybridized carbons (Fsp3) is 0.538. The second-order valence-electron chi connectivity index (χ2n) is 4.67. The zero-order valence-electron chi connectivity index (χ0n) is 10.5. The number of anilines is 1. The first-order valence-electron chi connectivity index (χ1n) is 5.65. The standard InChI is InChI=1S/C13H21ClN2/c1-5-13(2,3)16(4)12-8-6-7-11(14)10(12)9-15/h6-8H,5,9,15H2,1-4H3. The summed E-state index contributed by atoms with van der Waals surface area (Å²) in [5.41, 5.74) is 8.02. The van der Waals surface area contributed by atoms with Crippen LogP contribution in [0, 0.1) is 0 Å². The van der Waals surface area contributed by atoms with Crippen LogP contribution >= 0.6 is 11.6 Å². The van der Waals surface area contributed by atoms with E-state index in [1.807, 2.05) is 12.1 Å². The van der Waals surface area contributed by atoms with Gasteiger partial charge in [0.05, 0.1) is 0 Å². The van der Waals surface area contributed by atoms with E-state index in [1.165, 1.54) is 0 Å². The third kappa shape index (κ3) is 2.50. The highest BCUT2D eigenvalue weighted by Gasteiger charge is 2.23. The minimum absolute atomic E-state index is 0.106. The van der Waals surface area contributed by atoms with Crippen LogP contribution in [0.4, 0.5) is 5.69 Å². The average molecular weight is 241 g/mol. The van der Waals surface area contributed by atoms with Crippen molar-refractivity contribution < 1.29 is 0 Å². The van der Waals surface area contributed by atoms with E-state index in [2.05, 4.69) is 38.8 Å². The molecule has 0 aliphatic heterocycles. The van der Waals surface area contributed by atoms with Crippen molar-refractivity contribution in [2.75, 3.05) is 11.9 Å². The highest BCUT2D eigenvalue weighted by Crippen LogP contribution is 2.31. The minimum Gasteiger partial charge on any atom is -0.369 e. The summed E-state index contributed by atoms with van der Waals surface area (Å²) in [6.45, 7) is 7.09.